The van der Waals surface area contributed by atoms with Gasteiger partial charge in [-0.25, -0.2) is 4.79 Å². The molecule has 8 nitrogen and oxygen atoms in total. The van der Waals surface area contributed by atoms with Gasteiger partial charge in [-0.15, -0.1) is 11.3 Å². The van der Waals surface area contributed by atoms with Crippen LogP contribution >= 0.6 is 11.3 Å². The monoisotopic (exact) mass is 462 g/mol. The molecule has 168 valence electrons. The summed E-state index contributed by atoms with van der Waals surface area (Å²) >= 11 is 1.13. The molecule has 5 amide bonds. The number of anilines is 1. The van der Waals surface area contributed by atoms with Gasteiger partial charge < -0.3 is 16.4 Å². The maximum absolute atomic E-state index is 13.7. The number of hydrogen-bond acceptors (Lipinski definition) is 5. The average Bonchev–Trinajstić information content (AvgIpc) is 3.35. The third kappa shape index (κ3) is 3.87. The van der Waals surface area contributed by atoms with Crippen LogP contribution in [0, 0.1) is 13.8 Å². The molecule has 1 aliphatic rings. The van der Waals surface area contributed by atoms with Crippen LogP contribution in [0.4, 0.5) is 9.80 Å². The minimum atomic E-state index is -1.46. The van der Waals surface area contributed by atoms with E-state index in [1.165, 1.54) is 6.07 Å². The van der Waals surface area contributed by atoms with E-state index in [2.05, 4.69) is 10.6 Å². The number of imide groups is 1. The molecule has 4 rings (SSSR count). The molecule has 0 spiro atoms. The molecule has 1 saturated heterocycles. The van der Waals surface area contributed by atoms with Crippen molar-refractivity contribution in [3.05, 3.63) is 87.8 Å². The minimum absolute atomic E-state index is 0.166. The first-order chi connectivity index (χ1) is 15.7. The molecular formula is C24H22N4O4S. The van der Waals surface area contributed by atoms with Crippen molar-refractivity contribution in [3.63, 3.8) is 0 Å². The molecule has 1 aliphatic heterocycles. The van der Waals surface area contributed by atoms with Crippen LogP contribution in [0.15, 0.2) is 60.0 Å². The van der Waals surface area contributed by atoms with Gasteiger partial charge in [0, 0.05) is 0 Å². The molecule has 0 saturated carbocycles. The van der Waals surface area contributed by atoms with Crippen LogP contribution in [-0.2, 0) is 15.1 Å². The summed E-state index contributed by atoms with van der Waals surface area (Å²) in [7, 11) is 0. The van der Waals surface area contributed by atoms with Gasteiger partial charge in [0.25, 0.3) is 11.8 Å². The molecule has 0 unspecified atom stereocenters. The number of urea groups is 1. The van der Waals surface area contributed by atoms with Gasteiger partial charge in [-0.1, -0.05) is 48.5 Å². The lowest BCUT2D eigenvalue weighted by atomic mass is 9.81. The number of nitrogens with one attached hydrogen (secondary N) is 2. The summed E-state index contributed by atoms with van der Waals surface area (Å²) in [6.45, 7) is 3.38. The Bertz CT molecular complexity index is 1270. The summed E-state index contributed by atoms with van der Waals surface area (Å²) < 4.78 is 0. The standard InChI is InChI=1S/C24H22N4O4S/c1-14-8-9-17(12-15(14)2)24(16-6-4-3-5-7-16)22(31)28(23(32)27-24)13-19(29)26-21-18(20(25)30)10-11-33-21/h3-12H,13H2,1-2H3,(H2,25,30)(H,26,29)(H,27,32)/t24-/m1/s1. The van der Waals surface area contributed by atoms with Gasteiger partial charge in [-0.05, 0) is 47.5 Å². The molecule has 2 heterocycles. The first-order valence-corrected chi connectivity index (χ1v) is 11.1. The Labute approximate surface area is 194 Å². The zero-order valence-electron chi connectivity index (χ0n) is 18.0. The van der Waals surface area contributed by atoms with Gasteiger partial charge in [-0.2, -0.15) is 0 Å². The van der Waals surface area contributed by atoms with Crippen molar-refractivity contribution in [1.82, 2.24) is 10.2 Å². The minimum Gasteiger partial charge on any atom is -0.366 e. The lowest BCUT2D eigenvalue weighted by molar-refractivity contribution is -0.133. The average molecular weight is 463 g/mol. The number of carbonyl (C=O) groups excluding carboxylic acids is 4. The molecule has 0 radical (unpaired) electrons. The largest absolute Gasteiger partial charge is 0.366 e. The van der Waals surface area contributed by atoms with E-state index in [1.807, 2.05) is 38.1 Å². The van der Waals surface area contributed by atoms with E-state index in [-0.39, 0.29) is 10.6 Å². The van der Waals surface area contributed by atoms with E-state index in [4.69, 9.17) is 5.73 Å². The summed E-state index contributed by atoms with van der Waals surface area (Å²) in [5.41, 5.74) is 7.24. The molecule has 1 fully saturated rings. The number of thiophene rings is 1. The van der Waals surface area contributed by atoms with Crippen molar-refractivity contribution >= 4 is 40.1 Å². The van der Waals surface area contributed by atoms with Crippen LogP contribution in [0.2, 0.25) is 0 Å². The van der Waals surface area contributed by atoms with Crippen molar-refractivity contribution in [2.24, 2.45) is 5.73 Å². The number of hydrogen-bond donors (Lipinski definition) is 3. The van der Waals surface area contributed by atoms with Crippen molar-refractivity contribution in [2.45, 2.75) is 19.4 Å². The van der Waals surface area contributed by atoms with Crippen LogP contribution in [-0.4, -0.2) is 35.2 Å². The molecule has 2 aromatic carbocycles. The van der Waals surface area contributed by atoms with E-state index in [0.717, 1.165) is 27.4 Å². The second kappa shape index (κ2) is 8.51. The lowest BCUT2D eigenvalue weighted by Crippen LogP contribution is -2.45. The number of nitrogens with two attached hydrogens (primary N) is 1. The van der Waals surface area contributed by atoms with Crippen LogP contribution in [0.25, 0.3) is 0 Å². The van der Waals surface area contributed by atoms with E-state index in [0.29, 0.717) is 11.1 Å². The van der Waals surface area contributed by atoms with Crippen molar-refractivity contribution < 1.29 is 19.2 Å². The van der Waals surface area contributed by atoms with E-state index in [9.17, 15) is 19.2 Å². The fraction of sp³-hybridized carbons (Fsp3) is 0.167. The molecule has 3 aromatic rings. The second-order valence-electron chi connectivity index (χ2n) is 7.81. The van der Waals surface area contributed by atoms with Gasteiger partial charge in [0.1, 0.15) is 11.5 Å². The highest BCUT2D eigenvalue weighted by Gasteiger charge is 2.54. The smallest absolute Gasteiger partial charge is 0.326 e. The van der Waals surface area contributed by atoms with Gasteiger partial charge in [-0.3, -0.25) is 19.3 Å². The fourth-order valence-corrected chi connectivity index (χ4v) is 4.66. The van der Waals surface area contributed by atoms with Gasteiger partial charge >= 0.3 is 6.03 Å². The Kier molecular flexibility index (Phi) is 5.73. The third-order valence-corrected chi connectivity index (χ3v) is 6.57. The van der Waals surface area contributed by atoms with Crippen LogP contribution in [0.1, 0.15) is 32.6 Å². The highest BCUT2D eigenvalue weighted by Crippen LogP contribution is 2.37. The first kappa shape index (κ1) is 22.2. The number of amides is 5. The van der Waals surface area contributed by atoms with Gasteiger partial charge in [0.15, 0.2) is 5.54 Å². The second-order valence-corrected chi connectivity index (χ2v) is 8.73. The van der Waals surface area contributed by atoms with Crippen molar-refractivity contribution in [2.75, 3.05) is 11.9 Å². The molecule has 0 bridgehead atoms. The fourth-order valence-electron chi connectivity index (χ4n) is 3.85. The predicted octanol–water partition coefficient (Wildman–Crippen LogP) is 2.90. The Morgan fingerprint density at radius 1 is 1.03 bits per heavy atom. The number of aryl methyl sites for hydroxylation is 2. The zero-order valence-corrected chi connectivity index (χ0v) is 18.9. The van der Waals surface area contributed by atoms with Crippen molar-refractivity contribution in [1.29, 1.82) is 0 Å². The normalized spacial score (nSPS) is 17.7. The molecular weight excluding hydrogens is 440 g/mol. The van der Waals surface area contributed by atoms with Crippen LogP contribution in [0.5, 0.6) is 0 Å². The molecule has 33 heavy (non-hydrogen) atoms. The SMILES string of the molecule is Cc1ccc([C@@]2(c3ccccc3)NC(=O)N(CC(=O)Nc3sccc3C(N)=O)C2=O)cc1C. The molecule has 1 aromatic heterocycles. The topological polar surface area (TPSA) is 122 Å². The Morgan fingerprint density at radius 2 is 1.76 bits per heavy atom. The Hall–Kier alpha value is -3.98. The summed E-state index contributed by atoms with van der Waals surface area (Å²) in [4.78, 5) is 51.8. The van der Waals surface area contributed by atoms with E-state index >= 15 is 0 Å². The van der Waals surface area contributed by atoms with E-state index < -0.39 is 35.8 Å². The highest BCUT2D eigenvalue weighted by atomic mass is 32.1. The quantitative estimate of drug-likeness (QED) is 0.488. The van der Waals surface area contributed by atoms with Crippen LogP contribution < -0.4 is 16.4 Å². The molecule has 1 atom stereocenters. The van der Waals surface area contributed by atoms with Gasteiger partial charge in [0.05, 0.1) is 5.56 Å². The number of carbonyl (C=O) groups is 4. The summed E-state index contributed by atoms with van der Waals surface area (Å²) in [5, 5.41) is 7.28. The number of primary amides is 1. The summed E-state index contributed by atoms with van der Waals surface area (Å²) in [5.74, 6) is -1.86. The lowest BCUT2D eigenvalue weighted by Gasteiger charge is -2.28. The van der Waals surface area contributed by atoms with Crippen molar-refractivity contribution in [3.8, 4) is 0 Å². The maximum atomic E-state index is 13.7. The highest BCUT2D eigenvalue weighted by molar-refractivity contribution is 7.14. The van der Waals surface area contributed by atoms with Crippen LogP contribution in [0.3, 0.4) is 0 Å². The Balaban J connectivity index is 1.68. The molecule has 9 heteroatoms. The first-order valence-electron chi connectivity index (χ1n) is 10.2. The zero-order chi connectivity index (χ0) is 23.8. The number of rotatable bonds is 6. The number of nitrogens with zero attached hydrogens (tertiary/aromatic N) is 1. The van der Waals surface area contributed by atoms with E-state index in [1.54, 1.807) is 29.6 Å². The summed E-state index contributed by atoms with van der Waals surface area (Å²) in [6.07, 6.45) is 0. The molecule has 4 N–H and O–H groups in total. The molecule has 0 aliphatic carbocycles. The van der Waals surface area contributed by atoms with Gasteiger partial charge in [0.2, 0.25) is 5.91 Å². The maximum Gasteiger partial charge on any atom is 0.326 e. The Morgan fingerprint density at radius 3 is 2.42 bits per heavy atom. The summed E-state index contributed by atoms with van der Waals surface area (Å²) in [6, 6.07) is 15.3. The number of benzene rings is 2. The third-order valence-electron chi connectivity index (χ3n) is 5.74. The predicted molar refractivity (Wildman–Crippen MR) is 125 cm³/mol.